The molecule has 2 atom stereocenters. The van der Waals surface area contributed by atoms with Gasteiger partial charge in [-0.3, -0.25) is 0 Å². The first-order valence-corrected chi connectivity index (χ1v) is 9.10. The van der Waals surface area contributed by atoms with E-state index in [0.717, 1.165) is 10.5 Å². The van der Waals surface area contributed by atoms with Gasteiger partial charge in [-0.05, 0) is 58.0 Å². The Morgan fingerprint density at radius 2 is 1.59 bits per heavy atom. The van der Waals surface area contributed by atoms with Crippen LogP contribution in [0.25, 0.3) is 27.1 Å². The summed E-state index contributed by atoms with van der Waals surface area (Å²) in [5.41, 5.74) is 3.04. The predicted molar refractivity (Wildman–Crippen MR) is 98.4 cm³/mol. The normalized spacial score (nSPS) is 23.9. The van der Waals surface area contributed by atoms with Crippen LogP contribution >= 0.6 is 11.8 Å². The quantitative estimate of drug-likeness (QED) is 0.493. The minimum absolute atomic E-state index is 0.749. The van der Waals surface area contributed by atoms with Gasteiger partial charge in [0, 0.05) is 10.5 Å². The van der Waals surface area contributed by atoms with E-state index in [2.05, 4.69) is 72.4 Å². The highest BCUT2D eigenvalue weighted by Crippen LogP contribution is 2.46. The average molecular weight is 302 g/mol. The molecule has 0 radical (unpaired) electrons. The van der Waals surface area contributed by atoms with Gasteiger partial charge in [-0.1, -0.05) is 54.6 Å². The summed E-state index contributed by atoms with van der Waals surface area (Å²) in [6.07, 6.45) is 6.54. The second-order valence-corrected chi connectivity index (χ2v) is 8.01. The van der Waals surface area contributed by atoms with Crippen LogP contribution in [0.2, 0.25) is 0 Å². The fraction of sp³-hybridized carbons (Fsp3) is 0.238. The third-order valence-electron chi connectivity index (χ3n) is 5.09. The van der Waals surface area contributed by atoms with Crippen LogP contribution in [0.5, 0.6) is 0 Å². The van der Waals surface area contributed by atoms with E-state index in [-0.39, 0.29) is 0 Å². The molecule has 1 heteroatoms. The van der Waals surface area contributed by atoms with Crippen LogP contribution in [0.15, 0.2) is 60.7 Å². The highest BCUT2D eigenvalue weighted by Gasteiger charge is 2.30. The van der Waals surface area contributed by atoms with Crippen LogP contribution in [0.4, 0.5) is 0 Å². The summed E-state index contributed by atoms with van der Waals surface area (Å²) in [6, 6.07) is 20.1. The maximum Gasteiger partial charge on any atom is 0.0236 e. The lowest BCUT2D eigenvalue weighted by atomic mass is 9.91. The Morgan fingerprint density at radius 3 is 2.45 bits per heavy atom. The number of allylic oxidation sites excluding steroid dienone is 1. The molecule has 0 nitrogen and oxygen atoms in total. The van der Waals surface area contributed by atoms with Crippen LogP contribution in [0.1, 0.15) is 24.8 Å². The lowest BCUT2D eigenvalue weighted by Crippen LogP contribution is -2.05. The van der Waals surface area contributed by atoms with Gasteiger partial charge in [0.1, 0.15) is 0 Å². The van der Waals surface area contributed by atoms with Gasteiger partial charge in [-0.25, -0.2) is 0 Å². The monoisotopic (exact) mass is 302 g/mol. The Morgan fingerprint density at radius 1 is 0.818 bits per heavy atom. The van der Waals surface area contributed by atoms with Crippen molar-refractivity contribution in [1.82, 2.24) is 0 Å². The summed E-state index contributed by atoms with van der Waals surface area (Å²) in [7, 11) is 0. The molecule has 1 fully saturated rings. The highest BCUT2D eigenvalue weighted by molar-refractivity contribution is 8.01. The first kappa shape index (κ1) is 12.8. The van der Waals surface area contributed by atoms with E-state index >= 15 is 0 Å². The Kier molecular flexibility index (Phi) is 2.84. The van der Waals surface area contributed by atoms with E-state index in [1.54, 1.807) is 5.57 Å². The lowest BCUT2D eigenvalue weighted by molar-refractivity contribution is 0.790. The Bertz CT molecular complexity index is 906. The SMILES string of the molecule is C1=C(c2cc3ccccc3c3ccccc23)CC2CCC1S2. The molecular formula is C21H18S. The molecule has 5 rings (SSSR count). The number of hydrogen-bond donors (Lipinski definition) is 0. The van der Waals surface area contributed by atoms with Gasteiger partial charge in [0.05, 0.1) is 0 Å². The lowest BCUT2D eigenvalue weighted by Gasteiger charge is -2.21. The van der Waals surface area contributed by atoms with Crippen LogP contribution in [-0.2, 0) is 0 Å². The second kappa shape index (κ2) is 4.89. The van der Waals surface area contributed by atoms with Crippen molar-refractivity contribution in [3.05, 3.63) is 66.2 Å². The fourth-order valence-corrected chi connectivity index (χ4v) is 5.62. The molecule has 1 saturated heterocycles. The van der Waals surface area contributed by atoms with Crippen molar-refractivity contribution in [2.75, 3.05) is 0 Å². The smallest absolute Gasteiger partial charge is 0.0236 e. The van der Waals surface area contributed by atoms with E-state index in [1.165, 1.54) is 46.4 Å². The molecule has 0 spiro atoms. The van der Waals surface area contributed by atoms with Crippen molar-refractivity contribution in [3.63, 3.8) is 0 Å². The summed E-state index contributed by atoms with van der Waals surface area (Å²) in [5.74, 6) is 0. The first-order chi connectivity index (χ1) is 10.9. The average Bonchev–Trinajstić information content (AvgIpc) is 2.92. The van der Waals surface area contributed by atoms with Crippen molar-refractivity contribution < 1.29 is 0 Å². The van der Waals surface area contributed by atoms with E-state index in [4.69, 9.17) is 0 Å². The van der Waals surface area contributed by atoms with Crippen molar-refractivity contribution in [3.8, 4) is 0 Å². The molecule has 2 unspecified atom stereocenters. The van der Waals surface area contributed by atoms with Gasteiger partial charge < -0.3 is 0 Å². The predicted octanol–water partition coefficient (Wildman–Crippen LogP) is 6.04. The zero-order valence-electron chi connectivity index (χ0n) is 12.5. The molecule has 2 aliphatic heterocycles. The van der Waals surface area contributed by atoms with Gasteiger partial charge in [0.25, 0.3) is 0 Å². The third kappa shape index (κ3) is 1.92. The maximum absolute atomic E-state index is 2.55. The number of rotatable bonds is 1. The van der Waals surface area contributed by atoms with Crippen molar-refractivity contribution >= 4 is 38.9 Å². The van der Waals surface area contributed by atoms with Crippen LogP contribution < -0.4 is 0 Å². The fourth-order valence-electron chi connectivity index (χ4n) is 4.06. The summed E-state index contributed by atoms with van der Waals surface area (Å²) in [5, 5.41) is 7.13. The molecule has 2 heterocycles. The molecule has 3 aromatic carbocycles. The Balaban J connectivity index is 1.82. The molecule has 0 N–H and O–H groups in total. The molecule has 22 heavy (non-hydrogen) atoms. The molecule has 2 aliphatic rings. The van der Waals surface area contributed by atoms with Crippen LogP contribution in [0.3, 0.4) is 0 Å². The summed E-state index contributed by atoms with van der Waals surface area (Å²) in [4.78, 5) is 0. The van der Waals surface area contributed by atoms with Crippen molar-refractivity contribution in [1.29, 1.82) is 0 Å². The van der Waals surface area contributed by atoms with Crippen LogP contribution in [-0.4, -0.2) is 10.5 Å². The number of benzene rings is 3. The van der Waals surface area contributed by atoms with Gasteiger partial charge in [0.15, 0.2) is 0 Å². The number of thioether (sulfide) groups is 1. The van der Waals surface area contributed by atoms with Crippen molar-refractivity contribution in [2.24, 2.45) is 0 Å². The van der Waals surface area contributed by atoms with E-state index in [9.17, 15) is 0 Å². The minimum atomic E-state index is 0.749. The van der Waals surface area contributed by atoms with E-state index in [1.807, 2.05) is 0 Å². The summed E-state index contributed by atoms with van der Waals surface area (Å²) in [6.45, 7) is 0. The largest absolute Gasteiger partial charge is 0.151 e. The van der Waals surface area contributed by atoms with E-state index in [0.29, 0.717) is 0 Å². The Labute approximate surface area is 135 Å². The minimum Gasteiger partial charge on any atom is -0.151 e. The van der Waals surface area contributed by atoms with Crippen LogP contribution in [0, 0.1) is 0 Å². The molecular weight excluding hydrogens is 284 g/mol. The topological polar surface area (TPSA) is 0 Å². The number of fused-ring (bicyclic) bond motifs is 5. The van der Waals surface area contributed by atoms with Gasteiger partial charge in [-0.2, -0.15) is 11.8 Å². The molecule has 0 saturated carbocycles. The zero-order chi connectivity index (χ0) is 14.5. The van der Waals surface area contributed by atoms with Gasteiger partial charge in [-0.15, -0.1) is 0 Å². The summed E-state index contributed by atoms with van der Waals surface area (Å²) < 4.78 is 0. The molecule has 0 aliphatic carbocycles. The Hall–Kier alpha value is -1.73. The standard InChI is InChI=1S/C21H18S/c1-2-6-18-14(5-1)13-21(20-8-4-3-7-19(18)20)15-11-16-9-10-17(12-15)22-16/h1-8,11,13,16-17H,9-10,12H2. The summed E-state index contributed by atoms with van der Waals surface area (Å²) >= 11 is 2.18. The molecule has 0 amide bonds. The van der Waals surface area contributed by atoms with E-state index < -0.39 is 0 Å². The molecule has 2 bridgehead atoms. The molecule has 3 aromatic rings. The maximum atomic E-state index is 2.55. The van der Waals surface area contributed by atoms with Gasteiger partial charge >= 0.3 is 0 Å². The second-order valence-electron chi connectivity index (χ2n) is 6.46. The number of hydrogen-bond acceptors (Lipinski definition) is 1. The first-order valence-electron chi connectivity index (χ1n) is 8.15. The zero-order valence-corrected chi connectivity index (χ0v) is 13.3. The third-order valence-corrected chi connectivity index (χ3v) is 6.60. The van der Waals surface area contributed by atoms with Crippen molar-refractivity contribution in [2.45, 2.75) is 29.8 Å². The van der Waals surface area contributed by atoms with Gasteiger partial charge in [0.2, 0.25) is 0 Å². The molecule has 108 valence electrons. The highest BCUT2D eigenvalue weighted by atomic mass is 32.2. The molecule has 0 aromatic heterocycles.